The maximum atomic E-state index is 8.95. The molecule has 0 unspecified atom stereocenters. The van der Waals surface area contributed by atoms with E-state index in [1.807, 2.05) is 39.2 Å². The van der Waals surface area contributed by atoms with Crippen molar-refractivity contribution < 1.29 is 4.74 Å². The third-order valence-corrected chi connectivity index (χ3v) is 3.46. The fraction of sp³-hybridized carbons (Fsp3) is 0.278. The van der Waals surface area contributed by atoms with Crippen molar-refractivity contribution >= 4 is 11.8 Å². The standard InChI is InChI=1S/C18H20N2O/c1-14(13-19)16-10-11-21-18(12-16)9-6-15-4-7-17(8-5-15)20(2)3/h4-9,12H,10-11H2,1-3H3/b9-6?,16-14-. The molecule has 0 spiro atoms. The van der Waals surface area contributed by atoms with Crippen LogP contribution >= 0.6 is 0 Å². The summed E-state index contributed by atoms with van der Waals surface area (Å²) in [5.41, 5.74) is 4.12. The number of nitriles is 1. The van der Waals surface area contributed by atoms with E-state index < -0.39 is 0 Å². The third kappa shape index (κ3) is 4.00. The molecule has 1 aliphatic rings. The Bertz CT molecular complexity index is 628. The second-order valence-electron chi connectivity index (χ2n) is 5.23. The molecule has 3 heteroatoms. The van der Waals surface area contributed by atoms with Gasteiger partial charge in [-0.15, -0.1) is 0 Å². The molecular formula is C18H20N2O. The Kier molecular flexibility index (Phi) is 4.84. The summed E-state index contributed by atoms with van der Waals surface area (Å²) in [6.45, 7) is 2.47. The molecule has 1 heterocycles. The molecular weight excluding hydrogens is 260 g/mol. The van der Waals surface area contributed by atoms with Crippen molar-refractivity contribution in [2.24, 2.45) is 0 Å². The lowest BCUT2D eigenvalue weighted by Crippen LogP contribution is -2.07. The van der Waals surface area contributed by atoms with Crippen LogP contribution in [-0.2, 0) is 4.74 Å². The first-order chi connectivity index (χ1) is 10.1. The molecule has 108 valence electrons. The van der Waals surface area contributed by atoms with Gasteiger partial charge >= 0.3 is 0 Å². The number of benzene rings is 1. The smallest absolute Gasteiger partial charge is 0.119 e. The summed E-state index contributed by atoms with van der Waals surface area (Å²) in [7, 11) is 4.05. The highest BCUT2D eigenvalue weighted by molar-refractivity contribution is 5.57. The molecule has 0 fully saturated rings. The van der Waals surface area contributed by atoms with Gasteiger partial charge in [0.05, 0.1) is 12.7 Å². The van der Waals surface area contributed by atoms with Gasteiger partial charge in [0.15, 0.2) is 0 Å². The Balaban J connectivity index is 2.14. The molecule has 1 aromatic rings. The molecule has 21 heavy (non-hydrogen) atoms. The summed E-state index contributed by atoms with van der Waals surface area (Å²) in [5, 5.41) is 8.95. The average Bonchev–Trinajstić information content (AvgIpc) is 2.52. The molecule has 0 saturated heterocycles. The number of nitrogens with zero attached hydrogens (tertiary/aromatic N) is 2. The van der Waals surface area contributed by atoms with Gasteiger partial charge in [0, 0.05) is 31.8 Å². The Labute approximate surface area is 126 Å². The molecule has 3 nitrogen and oxygen atoms in total. The highest BCUT2D eigenvalue weighted by Crippen LogP contribution is 2.21. The fourth-order valence-corrected chi connectivity index (χ4v) is 2.09. The number of hydrogen-bond acceptors (Lipinski definition) is 3. The van der Waals surface area contributed by atoms with Crippen LogP contribution < -0.4 is 4.90 Å². The van der Waals surface area contributed by atoms with Gasteiger partial charge in [-0.2, -0.15) is 5.26 Å². The van der Waals surface area contributed by atoms with Crippen LogP contribution in [0.15, 0.2) is 53.3 Å². The van der Waals surface area contributed by atoms with E-state index in [9.17, 15) is 0 Å². The summed E-state index contributed by atoms with van der Waals surface area (Å²) >= 11 is 0. The lowest BCUT2D eigenvalue weighted by Gasteiger charge is -2.15. The molecule has 0 aromatic heterocycles. The molecule has 1 aromatic carbocycles. The molecule has 0 radical (unpaired) electrons. The Morgan fingerprint density at radius 2 is 1.95 bits per heavy atom. The zero-order valence-corrected chi connectivity index (χ0v) is 12.8. The first kappa shape index (κ1) is 14.9. The predicted octanol–water partition coefficient (Wildman–Crippen LogP) is 3.91. The van der Waals surface area contributed by atoms with Crippen LogP contribution in [0.4, 0.5) is 5.69 Å². The van der Waals surface area contributed by atoms with Crippen molar-refractivity contribution in [1.29, 1.82) is 5.26 Å². The Hall–Kier alpha value is -2.47. The van der Waals surface area contributed by atoms with Crippen LogP contribution in [0.1, 0.15) is 18.9 Å². The lowest BCUT2D eigenvalue weighted by atomic mass is 10.0. The van der Waals surface area contributed by atoms with Crippen LogP contribution in [0.5, 0.6) is 0 Å². The molecule has 0 N–H and O–H groups in total. The monoisotopic (exact) mass is 280 g/mol. The van der Waals surface area contributed by atoms with E-state index in [2.05, 4.69) is 35.2 Å². The minimum atomic E-state index is 0.629. The number of ether oxygens (including phenoxy) is 1. The van der Waals surface area contributed by atoms with E-state index in [1.54, 1.807) is 0 Å². The van der Waals surface area contributed by atoms with Gasteiger partial charge in [0.1, 0.15) is 5.76 Å². The van der Waals surface area contributed by atoms with Crippen molar-refractivity contribution in [3.8, 4) is 6.07 Å². The summed E-state index contributed by atoms with van der Waals surface area (Å²) < 4.78 is 5.61. The quantitative estimate of drug-likeness (QED) is 0.788. The van der Waals surface area contributed by atoms with Gasteiger partial charge in [0.2, 0.25) is 0 Å². The van der Waals surface area contributed by atoms with Crippen molar-refractivity contribution in [2.45, 2.75) is 13.3 Å². The van der Waals surface area contributed by atoms with Crippen molar-refractivity contribution in [1.82, 2.24) is 0 Å². The molecule has 0 atom stereocenters. The highest BCUT2D eigenvalue weighted by atomic mass is 16.5. The number of anilines is 1. The van der Waals surface area contributed by atoms with E-state index in [4.69, 9.17) is 10.00 Å². The van der Waals surface area contributed by atoms with E-state index >= 15 is 0 Å². The number of rotatable bonds is 3. The topological polar surface area (TPSA) is 36.3 Å². The minimum Gasteiger partial charge on any atom is -0.493 e. The van der Waals surface area contributed by atoms with Gasteiger partial charge < -0.3 is 9.64 Å². The van der Waals surface area contributed by atoms with Gasteiger partial charge in [-0.25, -0.2) is 0 Å². The maximum Gasteiger partial charge on any atom is 0.119 e. The van der Waals surface area contributed by atoms with Gasteiger partial charge in [-0.05, 0) is 42.3 Å². The fourth-order valence-electron chi connectivity index (χ4n) is 2.09. The van der Waals surface area contributed by atoms with Crippen LogP contribution in [0.2, 0.25) is 0 Å². The van der Waals surface area contributed by atoms with Crippen molar-refractivity contribution in [3.05, 3.63) is 58.9 Å². The lowest BCUT2D eigenvalue weighted by molar-refractivity contribution is 0.219. The predicted molar refractivity (Wildman–Crippen MR) is 86.8 cm³/mol. The van der Waals surface area contributed by atoms with Crippen LogP contribution in [0.3, 0.4) is 0 Å². The Morgan fingerprint density at radius 3 is 2.57 bits per heavy atom. The molecule has 0 amide bonds. The minimum absolute atomic E-state index is 0.629. The molecule has 0 saturated carbocycles. The van der Waals surface area contributed by atoms with Crippen molar-refractivity contribution in [3.63, 3.8) is 0 Å². The first-order valence-electron chi connectivity index (χ1n) is 7.00. The van der Waals surface area contributed by atoms with Crippen LogP contribution in [0.25, 0.3) is 6.08 Å². The summed E-state index contributed by atoms with van der Waals surface area (Å²) in [4.78, 5) is 2.07. The van der Waals surface area contributed by atoms with E-state index in [1.165, 1.54) is 5.69 Å². The largest absolute Gasteiger partial charge is 0.493 e. The normalized spacial score (nSPS) is 17.0. The van der Waals surface area contributed by atoms with Crippen LogP contribution in [0, 0.1) is 11.3 Å². The van der Waals surface area contributed by atoms with Crippen LogP contribution in [-0.4, -0.2) is 20.7 Å². The van der Waals surface area contributed by atoms with Crippen molar-refractivity contribution in [2.75, 3.05) is 25.6 Å². The van der Waals surface area contributed by atoms with E-state index in [0.717, 1.165) is 28.9 Å². The summed E-state index contributed by atoms with van der Waals surface area (Å²) in [6, 6.07) is 10.5. The summed E-state index contributed by atoms with van der Waals surface area (Å²) in [6.07, 6.45) is 6.73. The zero-order valence-electron chi connectivity index (χ0n) is 12.8. The number of allylic oxidation sites excluding steroid dienone is 3. The third-order valence-electron chi connectivity index (χ3n) is 3.46. The SMILES string of the molecule is C/C(C#N)=C1/C=C(C=Cc2ccc(N(C)C)cc2)OCC1. The second-order valence-corrected chi connectivity index (χ2v) is 5.23. The second kappa shape index (κ2) is 6.81. The average molecular weight is 280 g/mol. The summed E-state index contributed by atoms with van der Waals surface area (Å²) in [5.74, 6) is 0.808. The molecule has 2 rings (SSSR count). The van der Waals surface area contributed by atoms with Gasteiger partial charge in [-0.1, -0.05) is 18.2 Å². The van der Waals surface area contributed by atoms with E-state index in [-0.39, 0.29) is 0 Å². The Morgan fingerprint density at radius 1 is 1.24 bits per heavy atom. The molecule has 1 aliphatic heterocycles. The van der Waals surface area contributed by atoms with Gasteiger partial charge in [0.25, 0.3) is 0 Å². The van der Waals surface area contributed by atoms with E-state index in [0.29, 0.717) is 6.61 Å². The van der Waals surface area contributed by atoms with Gasteiger partial charge in [-0.3, -0.25) is 0 Å². The maximum absolute atomic E-state index is 8.95. The molecule has 0 aliphatic carbocycles. The molecule has 0 bridgehead atoms. The zero-order chi connectivity index (χ0) is 15.2. The highest BCUT2D eigenvalue weighted by Gasteiger charge is 2.08. The first-order valence-corrected chi connectivity index (χ1v) is 7.00. The number of hydrogen-bond donors (Lipinski definition) is 0.